The van der Waals surface area contributed by atoms with Gasteiger partial charge in [-0.2, -0.15) is 0 Å². The maximum atomic E-state index is 2.42. The molecule has 0 aliphatic heterocycles. The zero-order valence-corrected chi connectivity index (χ0v) is 9.72. The molecule has 12 heavy (non-hydrogen) atoms. The van der Waals surface area contributed by atoms with Gasteiger partial charge >= 0.3 is 0 Å². The molecule has 0 heteroatoms. The molecule has 1 aliphatic carbocycles. The summed E-state index contributed by atoms with van der Waals surface area (Å²) in [5.74, 6) is 3.94. The second-order valence-electron chi connectivity index (χ2n) is 4.12. The van der Waals surface area contributed by atoms with E-state index in [2.05, 4.69) is 27.7 Å². The Morgan fingerprint density at radius 2 is 1.50 bits per heavy atom. The molecule has 0 aromatic heterocycles. The van der Waals surface area contributed by atoms with Gasteiger partial charge in [-0.3, -0.25) is 0 Å². The summed E-state index contributed by atoms with van der Waals surface area (Å²) in [6, 6.07) is 0. The van der Waals surface area contributed by atoms with Gasteiger partial charge in [-0.15, -0.1) is 0 Å². The Morgan fingerprint density at radius 3 is 1.67 bits per heavy atom. The van der Waals surface area contributed by atoms with E-state index in [1.54, 1.807) is 0 Å². The molecule has 0 bridgehead atoms. The van der Waals surface area contributed by atoms with E-state index in [-0.39, 0.29) is 0 Å². The minimum Gasteiger partial charge on any atom is -0.0683 e. The summed E-state index contributed by atoms with van der Waals surface area (Å²) in [4.78, 5) is 0. The Bertz CT molecular complexity index is 107. The van der Waals surface area contributed by atoms with Crippen molar-refractivity contribution in [3.63, 3.8) is 0 Å². The van der Waals surface area contributed by atoms with Crippen molar-refractivity contribution in [1.29, 1.82) is 0 Å². The summed E-state index contributed by atoms with van der Waals surface area (Å²) in [6.07, 6.45) is 2.84. The molecule has 4 atom stereocenters. The highest BCUT2D eigenvalue weighted by Crippen LogP contribution is 2.42. The molecule has 0 radical (unpaired) electrons. The maximum absolute atomic E-state index is 2.42. The van der Waals surface area contributed by atoms with Crippen molar-refractivity contribution >= 4 is 0 Å². The van der Waals surface area contributed by atoms with Crippen LogP contribution in [0.3, 0.4) is 0 Å². The van der Waals surface area contributed by atoms with Gasteiger partial charge in [0.2, 0.25) is 0 Å². The third-order valence-corrected chi connectivity index (χ3v) is 3.52. The normalized spacial score (nSPS) is 40.5. The van der Waals surface area contributed by atoms with Crippen molar-refractivity contribution in [2.75, 3.05) is 0 Å². The number of hydrogen-bond donors (Lipinski definition) is 0. The molecule has 1 saturated carbocycles. The first-order chi connectivity index (χ1) is 5.66. The zero-order chi connectivity index (χ0) is 9.72. The predicted molar refractivity (Wildman–Crippen MR) is 57.2 cm³/mol. The number of rotatable bonds is 1. The first kappa shape index (κ1) is 12.0. The molecule has 0 aromatic carbocycles. The third-order valence-electron chi connectivity index (χ3n) is 3.52. The molecule has 1 rings (SSSR count). The van der Waals surface area contributed by atoms with E-state index in [9.17, 15) is 0 Å². The molecular formula is C12H26. The molecule has 1 aliphatic rings. The van der Waals surface area contributed by atoms with Crippen molar-refractivity contribution in [2.24, 2.45) is 23.7 Å². The minimum atomic E-state index is 0.972. The molecule has 0 heterocycles. The van der Waals surface area contributed by atoms with E-state index in [0.29, 0.717) is 0 Å². The van der Waals surface area contributed by atoms with E-state index in [1.165, 1.54) is 12.8 Å². The van der Waals surface area contributed by atoms with Gasteiger partial charge < -0.3 is 0 Å². The van der Waals surface area contributed by atoms with Crippen LogP contribution in [0.1, 0.15) is 54.4 Å². The van der Waals surface area contributed by atoms with Gasteiger partial charge in [0, 0.05) is 0 Å². The molecule has 0 nitrogen and oxygen atoms in total. The van der Waals surface area contributed by atoms with Crippen LogP contribution in [0.15, 0.2) is 0 Å². The van der Waals surface area contributed by atoms with E-state index in [4.69, 9.17) is 0 Å². The lowest BCUT2D eigenvalue weighted by Gasteiger charge is -2.18. The Kier molecular flexibility index (Phi) is 5.61. The van der Waals surface area contributed by atoms with Crippen LogP contribution < -0.4 is 0 Å². The van der Waals surface area contributed by atoms with E-state index in [0.717, 1.165) is 23.7 Å². The highest BCUT2D eigenvalue weighted by Gasteiger charge is 2.33. The Hall–Kier alpha value is 0. The van der Waals surface area contributed by atoms with Gasteiger partial charge in [-0.25, -0.2) is 0 Å². The monoisotopic (exact) mass is 170 g/mol. The highest BCUT2D eigenvalue weighted by molar-refractivity contribution is 4.83. The summed E-state index contributed by atoms with van der Waals surface area (Å²) in [6.45, 7) is 13.6. The lowest BCUT2D eigenvalue weighted by molar-refractivity contribution is 0.314. The lowest BCUT2D eigenvalue weighted by atomic mass is 9.88. The van der Waals surface area contributed by atoms with Crippen LogP contribution in [0.2, 0.25) is 0 Å². The standard InChI is InChI=1S/C10H20.C2H6/c1-5-10-8(3)6-7(2)9(10)4;1-2/h7-10H,5-6H2,1-4H3;1-2H3. The summed E-state index contributed by atoms with van der Waals surface area (Å²) in [5.41, 5.74) is 0. The lowest BCUT2D eigenvalue weighted by Crippen LogP contribution is -2.10. The predicted octanol–water partition coefficient (Wildman–Crippen LogP) is 4.35. The van der Waals surface area contributed by atoms with Crippen molar-refractivity contribution in [1.82, 2.24) is 0 Å². The van der Waals surface area contributed by atoms with Crippen molar-refractivity contribution in [2.45, 2.75) is 54.4 Å². The molecule has 0 N–H and O–H groups in total. The van der Waals surface area contributed by atoms with E-state index < -0.39 is 0 Å². The smallest absolute Gasteiger partial charge is 0.0363 e. The average Bonchev–Trinajstić information content (AvgIpc) is 2.31. The van der Waals surface area contributed by atoms with Gasteiger partial charge in [-0.05, 0) is 30.1 Å². The Labute approximate surface area is 78.8 Å². The molecular weight excluding hydrogens is 144 g/mol. The molecule has 1 fully saturated rings. The van der Waals surface area contributed by atoms with Crippen LogP contribution >= 0.6 is 0 Å². The second-order valence-corrected chi connectivity index (χ2v) is 4.12. The Balaban J connectivity index is 0.000000561. The maximum Gasteiger partial charge on any atom is -0.0363 e. The molecule has 0 amide bonds. The van der Waals surface area contributed by atoms with Crippen LogP contribution in [0.4, 0.5) is 0 Å². The zero-order valence-electron chi connectivity index (χ0n) is 9.72. The summed E-state index contributed by atoms with van der Waals surface area (Å²) >= 11 is 0. The van der Waals surface area contributed by atoms with Gasteiger partial charge in [0.15, 0.2) is 0 Å². The highest BCUT2D eigenvalue weighted by atomic mass is 14.4. The van der Waals surface area contributed by atoms with Gasteiger partial charge in [0.1, 0.15) is 0 Å². The molecule has 0 spiro atoms. The van der Waals surface area contributed by atoms with Gasteiger partial charge in [0.25, 0.3) is 0 Å². The fourth-order valence-electron chi connectivity index (χ4n) is 2.69. The quantitative estimate of drug-likeness (QED) is 0.549. The first-order valence-corrected chi connectivity index (χ1v) is 5.66. The SMILES string of the molecule is CC.CCC1C(C)CC(C)C1C. The van der Waals surface area contributed by atoms with Crippen LogP contribution in [0.25, 0.3) is 0 Å². The Morgan fingerprint density at radius 1 is 1.00 bits per heavy atom. The largest absolute Gasteiger partial charge is 0.0683 e. The molecule has 0 aromatic rings. The molecule has 0 saturated heterocycles. The first-order valence-electron chi connectivity index (χ1n) is 5.66. The minimum absolute atomic E-state index is 0.972. The van der Waals surface area contributed by atoms with Gasteiger partial charge in [0.05, 0.1) is 0 Å². The van der Waals surface area contributed by atoms with Crippen molar-refractivity contribution < 1.29 is 0 Å². The topological polar surface area (TPSA) is 0 Å². The third kappa shape index (κ3) is 2.50. The van der Waals surface area contributed by atoms with Crippen LogP contribution in [-0.2, 0) is 0 Å². The van der Waals surface area contributed by atoms with Crippen molar-refractivity contribution in [3.8, 4) is 0 Å². The van der Waals surface area contributed by atoms with Crippen molar-refractivity contribution in [3.05, 3.63) is 0 Å². The average molecular weight is 170 g/mol. The van der Waals surface area contributed by atoms with Gasteiger partial charge in [-0.1, -0.05) is 48.0 Å². The summed E-state index contributed by atoms with van der Waals surface area (Å²) in [5, 5.41) is 0. The molecule has 4 unspecified atom stereocenters. The fourth-order valence-corrected chi connectivity index (χ4v) is 2.69. The molecule has 74 valence electrons. The van der Waals surface area contributed by atoms with E-state index >= 15 is 0 Å². The number of hydrogen-bond acceptors (Lipinski definition) is 0. The van der Waals surface area contributed by atoms with Crippen LogP contribution in [0, 0.1) is 23.7 Å². The summed E-state index contributed by atoms with van der Waals surface area (Å²) in [7, 11) is 0. The van der Waals surface area contributed by atoms with Crippen LogP contribution in [-0.4, -0.2) is 0 Å². The second kappa shape index (κ2) is 5.61. The van der Waals surface area contributed by atoms with Crippen LogP contribution in [0.5, 0.6) is 0 Å². The van der Waals surface area contributed by atoms with E-state index in [1.807, 2.05) is 13.8 Å². The summed E-state index contributed by atoms with van der Waals surface area (Å²) < 4.78 is 0. The fraction of sp³-hybridized carbons (Fsp3) is 1.00.